The van der Waals surface area contributed by atoms with Crippen LogP contribution in [0.15, 0.2) is 17.5 Å². The average Bonchev–Trinajstić information content (AvgIpc) is 2.57. The van der Waals surface area contributed by atoms with Crippen LogP contribution in [0, 0.1) is 0 Å². The summed E-state index contributed by atoms with van der Waals surface area (Å²) in [6, 6.07) is 3.74. The molecule has 0 saturated heterocycles. The van der Waals surface area contributed by atoms with E-state index < -0.39 is 7.60 Å². The second-order valence-corrected chi connectivity index (χ2v) is 6.13. The summed E-state index contributed by atoms with van der Waals surface area (Å²) < 4.78 is 15.7. The second kappa shape index (κ2) is 4.44. The first-order valence-corrected chi connectivity index (χ1v) is 6.37. The molecule has 1 rings (SSSR count). The van der Waals surface area contributed by atoms with Crippen molar-refractivity contribution >= 4 is 35.8 Å². The van der Waals surface area contributed by atoms with Crippen molar-refractivity contribution in [3.63, 3.8) is 0 Å². The molecule has 1 atom stereocenters. The van der Waals surface area contributed by atoms with Crippen LogP contribution < -0.4 is 0 Å². The fourth-order valence-electron chi connectivity index (χ4n) is 0.764. The molecule has 0 aliphatic heterocycles. The lowest BCUT2D eigenvalue weighted by molar-refractivity contribution is 0.331. The molecular weight excluding hydrogens is 227 g/mol. The second-order valence-electron chi connectivity index (χ2n) is 2.35. The van der Waals surface area contributed by atoms with Gasteiger partial charge in [-0.2, -0.15) is 0 Å². The van der Waals surface area contributed by atoms with E-state index in [1.165, 1.54) is 18.4 Å². The van der Waals surface area contributed by atoms with Crippen LogP contribution in [-0.4, -0.2) is 16.6 Å². The van der Waals surface area contributed by atoms with Gasteiger partial charge in [-0.3, -0.25) is 4.57 Å². The van der Waals surface area contributed by atoms with Crippen LogP contribution in [0.4, 0.5) is 0 Å². The lowest BCUT2D eigenvalue weighted by atomic mass is 10.4. The number of hydrogen-bond donors (Lipinski definition) is 1. The van der Waals surface area contributed by atoms with Crippen LogP contribution in [0.5, 0.6) is 0 Å². The van der Waals surface area contributed by atoms with Gasteiger partial charge >= 0.3 is 7.60 Å². The Balaban J connectivity index is 2.67. The first-order chi connectivity index (χ1) is 6.06. The van der Waals surface area contributed by atoms with E-state index in [1.807, 2.05) is 17.5 Å². The molecule has 6 heteroatoms. The monoisotopic (exact) mass is 236 g/mol. The summed E-state index contributed by atoms with van der Waals surface area (Å²) in [7, 11) is -2.49. The maximum absolute atomic E-state index is 11.2. The Hall–Kier alpha value is -0.0600. The van der Waals surface area contributed by atoms with Gasteiger partial charge < -0.3 is 9.42 Å². The Bertz CT molecular complexity index is 334. The zero-order valence-electron chi connectivity index (χ0n) is 6.97. The highest BCUT2D eigenvalue weighted by Gasteiger charge is 2.24. The summed E-state index contributed by atoms with van der Waals surface area (Å²) in [6.07, 6.45) is 0.328. The van der Waals surface area contributed by atoms with Crippen molar-refractivity contribution in [2.75, 3.05) is 7.11 Å². The molecular formula is C7H9O3PS2. The van der Waals surface area contributed by atoms with Crippen LogP contribution in [0.25, 0.3) is 0 Å². The highest BCUT2D eigenvalue weighted by Crippen LogP contribution is 2.44. The van der Waals surface area contributed by atoms with Crippen LogP contribution in [-0.2, 0) is 15.5 Å². The predicted molar refractivity (Wildman–Crippen MR) is 57.5 cm³/mol. The van der Waals surface area contributed by atoms with Crippen molar-refractivity contribution in [1.29, 1.82) is 0 Å². The standard InChI is InChI=1S/C7H9O3PS2/c1-10-11(8,9)7(12)5-6-3-2-4-13-6/h2-4H,5H2,1H3,(H,8,9). The summed E-state index contributed by atoms with van der Waals surface area (Å²) in [5.41, 5.74) is 0. The third-order valence-electron chi connectivity index (χ3n) is 1.47. The molecule has 0 aliphatic carbocycles. The molecule has 3 nitrogen and oxygen atoms in total. The van der Waals surface area contributed by atoms with Crippen molar-refractivity contribution in [3.8, 4) is 0 Å². The van der Waals surface area contributed by atoms with E-state index in [-0.39, 0.29) is 4.61 Å². The minimum atomic E-state index is -3.67. The molecule has 0 radical (unpaired) electrons. The van der Waals surface area contributed by atoms with Gasteiger partial charge in [-0.05, 0) is 11.4 Å². The van der Waals surface area contributed by atoms with Gasteiger partial charge in [0.15, 0.2) is 0 Å². The van der Waals surface area contributed by atoms with Gasteiger partial charge in [0.05, 0.1) is 0 Å². The third kappa shape index (κ3) is 2.97. The van der Waals surface area contributed by atoms with Crippen molar-refractivity contribution < 1.29 is 14.0 Å². The molecule has 0 aliphatic rings. The van der Waals surface area contributed by atoms with E-state index in [1.54, 1.807) is 0 Å². The van der Waals surface area contributed by atoms with Crippen LogP contribution in [0.2, 0.25) is 0 Å². The molecule has 0 amide bonds. The predicted octanol–water partition coefficient (Wildman–Crippen LogP) is 2.45. The molecule has 13 heavy (non-hydrogen) atoms. The lowest BCUT2D eigenvalue weighted by Gasteiger charge is -2.08. The minimum absolute atomic E-state index is 0.0671. The van der Waals surface area contributed by atoms with E-state index in [2.05, 4.69) is 4.52 Å². The Labute approximate surface area is 85.9 Å². The number of hydrogen-bond acceptors (Lipinski definition) is 4. The number of thiocarbonyl (C=S) groups is 1. The first-order valence-electron chi connectivity index (χ1n) is 3.50. The Morgan fingerprint density at radius 3 is 3.00 bits per heavy atom. The molecule has 1 aromatic rings. The van der Waals surface area contributed by atoms with E-state index in [4.69, 9.17) is 12.2 Å². The fraction of sp³-hybridized carbons (Fsp3) is 0.286. The molecule has 0 saturated carbocycles. The topological polar surface area (TPSA) is 46.5 Å². The van der Waals surface area contributed by atoms with Gasteiger partial charge in [-0.1, -0.05) is 18.3 Å². The first kappa shape index (κ1) is 11.0. The molecule has 1 unspecified atom stereocenters. The van der Waals surface area contributed by atoms with Crippen LogP contribution >= 0.6 is 31.2 Å². The van der Waals surface area contributed by atoms with E-state index in [0.29, 0.717) is 6.42 Å². The molecule has 1 heterocycles. The smallest absolute Gasteiger partial charge is 0.321 e. The van der Waals surface area contributed by atoms with Gasteiger partial charge in [-0.15, -0.1) is 11.3 Å². The van der Waals surface area contributed by atoms with Gasteiger partial charge in [0.1, 0.15) is 4.61 Å². The van der Waals surface area contributed by atoms with Gasteiger partial charge in [0, 0.05) is 18.4 Å². The summed E-state index contributed by atoms with van der Waals surface area (Å²) in [6.45, 7) is 0. The molecule has 0 fully saturated rings. The zero-order valence-corrected chi connectivity index (χ0v) is 9.49. The van der Waals surface area contributed by atoms with Crippen molar-refractivity contribution in [3.05, 3.63) is 22.4 Å². The van der Waals surface area contributed by atoms with Gasteiger partial charge in [0.2, 0.25) is 0 Å². The Kier molecular flexibility index (Phi) is 3.76. The normalized spacial score (nSPS) is 15.2. The average molecular weight is 236 g/mol. The molecule has 0 spiro atoms. The minimum Gasteiger partial charge on any atom is -0.321 e. The van der Waals surface area contributed by atoms with E-state index in [9.17, 15) is 9.46 Å². The fourth-order valence-corrected chi connectivity index (χ4v) is 2.63. The van der Waals surface area contributed by atoms with Crippen LogP contribution in [0.3, 0.4) is 0 Å². The van der Waals surface area contributed by atoms with Gasteiger partial charge in [0.25, 0.3) is 0 Å². The quantitative estimate of drug-likeness (QED) is 0.644. The molecule has 0 bridgehead atoms. The highest BCUT2D eigenvalue weighted by atomic mass is 32.1. The Morgan fingerprint density at radius 1 is 1.85 bits per heavy atom. The van der Waals surface area contributed by atoms with Gasteiger partial charge in [-0.25, -0.2) is 0 Å². The SMILES string of the molecule is COP(=O)(O)C(=S)Cc1cccs1. The maximum Gasteiger partial charge on any atom is 0.365 e. The van der Waals surface area contributed by atoms with Crippen LogP contribution in [0.1, 0.15) is 4.88 Å². The molecule has 1 N–H and O–H groups in total. The number of rotatable bonds is 4. The largest absolute Gasteiger partial charge is 0.365 e. The van der Waals surface area contributed by atoms with E-state index >= 15 is 0 Å². The van der Waals surface area contributed by atoms with E-state index in [0.717, 1.165) is 4.88 Å². The number of thiophene rings is 1. The molecule has 72 valence electrons. The van der Waals surface area contributed by atoms with Crippen molar-refractivity contribution in [1.82, 2.24) is 0 Å². The summed E-state index contributed by atoms with van der Waals surface area (Å²) in [5.74, 6) is 0. The zero-order chi connectivity index (χ0) is 9.90. The summed E-state index contributed by atoms with van der Waals surface area (Å²) >= 11 is 6.31. The van der Waals surface area contributed by atoms with Crippen molar-refractivity contribution in [2.45, 2.75) is 6.42 Å². The van der Waals surface area contributed by atoms with Crippen molar-refractivity contribution in [2.24, 2.45) is 0 Å². The Morgan fingerprint density at radius 2 is 2.54 bits per heavy atom. The third-order valence-corrected chi connectivity index (χ3v) is 4.46. The lowest BCUT2D eigenvalue weighted by Crippen LogP contribution is -2.01. The summed E-state index contributed by atoms with van der Waals surface area (Å²) in [5, 5.41) is 1.90. The highest BCUT2D eigenvalue weighted by molar-refractivity contribution is 7.97. The summed E-state index contributed by atoms with van der Waals surface area (Å²) in [4.78, 5) is 10.2. The maximum atomic E-state index is 11.2. The molecule has 1 aromatic heterocycles. The molecule has 0 aromatic carbocycles.